The first-order valence-corrected chi connectivity index (χ1v) is 12.2. The summed E-state index contributed by atoms with van der Waals surface area (Å²) in [5.41, 5.74) is 1.49. The van der Waals surface area contributed by atoms with E-state index in [0.29, 0.717) is 18.9 Å². The van der Waals surface area contributed by atoms with Gasteiger partial charge in [0.15, 0.2) is 0 Å². The van der Waals surface area contributed by atoms with Gasteiger partial charge in [-0.25, -0.2) is 0 Å². The molecule has 1 aliphatic carbocycles. The first-order valence-electron chi connectivity index (χ1n) is 12.2. The van der Waals surface area contributed by atoms with Gasteiger partial charge in [0.25, 0.3) is 0 Å². The quantitative estimate of drug-likeness (QED) is 0.449. The molecule has 1 aromatic heterocycles. The lowest BCUT2D eigenvalue weighted by Gasteiger charge is -2.33. The minimum Gasteiger partial charge on any atom is -0.361 e. The fourth-order valence-electron chi connectivity index (χ4n) is 4.60. The lowest BCUT2D eigenvalue weighted by atomic mass is 9.93. The van der Waals surface area contributed by atoms with Crippen LogP contribution in [0.25, 0.3) is 10.9 Å². The molecule has 6 heteroatoms. The Hall–Kier alpha value is -2.34. The lowest BCUT2D eigenvalue weighted by Crippen LogP contribution is -2.61. The molecular weight excluding hydrogens is 400 g/mol. The number of rotatable bonds is 10. The number of aromatic nitrogens is 1. The highest BCUT2D eigenvalue weighted by molar-refractivity contribution is 5.88. The zero-order valence-electron chi connectivity index (χ0n) is 20.1. The maximum Gasteiger partial charge on any atom is 0.239 e. The van der Waals surface area contributed by atoms with Gasteiger partial charge in [0, 0.05) is 29.7 Å². The van der Waals surface area contributed by atoms with Crippen LogP contribution in [0.2, 0.25) is 0 Å². The predicted octanol–water partition coefficient (Wildman–Crippen LogP) is 4.06. The van der Waals surface area contributed by atoms with Crippen LogP contribution in [0.4, 0.5) is 0 Å². The number of carbonyl (C=O) groups excluding carboxylic acids is 2. The largest absolute Gasteiger partial charge is 0.361 e. The summed E-state index contributed by atoms with van der Waals surface area (Å²) >= 11 is 0. The summed E-state index contributed by atoms with van der Waals surface area (Å²) in [6, 6.07) is 8.04. The molecule has 1 aliphatic rings. The van der Waals surface area contributed by atoms with E-state index in [-0.39, 0.29) is 17.9 Å². The van der Waals surface area contributed by atoms with Gasteiger partial charge in [-0.05, 0) is 57.1 Å². The van der Waals surface area contributed by atoms with E-state index in [1.54, 1.807) is 0 Å². The molecular formula is C26H40N4O2. The molecule has 0 spiro atoms. The molecule has 6 nitrogen and oxygen atoms in total. The van der Waals surface area contributed by atoms with Crippen molar-refractivity contribution in [3.8, 4) is 0 Å². The Bertz CT molecular complexity index is 896. The van der Waals surface area contributed by atoms with Crippen molar-refractivity contribution in [2.24, 2.45) is 5.92 Å². The Morgan fingerprint density at radius 2 is 1.84 bits per heavy atom. The van der Waals surface area contributed by atoms with Gasteiger partial charge in [0.05, 0.1) is 11.6 Å². The molecule has 3 rings (SSSR count). The second-order valence-corrected chi connectivity index (χ2v) is 10.2. The molecule has 0 radical (unpaired) electrons. The van der Waals surface area contributed by atoms with Crippen molar-refractivity contribution in [2.45, 2.75) is 90.3 Å². The van der Waals surface area contributed by atoms with E-state index in [1.165, 1.54) is 30.2 Å². The number of H-pyrrole nitrogens is 1. The first-order chi connectivity index (χ1) is 15.3. The number of hydrogen-bond donors (Lipinski definition) is 4. The molecule has 4 N–H and O–H groups in total. The Balaban J connectivity index is 1.56. The summed E-state index contributed by atoms with van der Waals surface area (Å²) < 4.78 is 0. The van der Waals surface area contributed by atoms with Gasteiger partial charge in [0.1, 0.15) is 0 Å². The molecule has 2 aromatic rings. The summed E-state index contributed by atoms with van der Waals surface area (Å²) in [6.07, 6.45) is 9.15. The van der Waals surface area contributed by atoms with Crippen LogP contribution in [-0.2, 0) is 16.0 Å². The van der Waals surface area contributed by atoms with Crippen LogP contribution in [0.3, 0.4) is 0 Å². The number of fused-ring (bicyclic) bond motifs is 1. The van der Waals surface area contributed by atoms with E-state index in [9.17, 15) is 9.59 Å². The average Bonchev–Trinajstić information content (AvgIpc) is 3.16. The third-order valence-corrected chi connectivity index (χ3v) is 6.44. The molecule has 0 bridgehead atoms. The minimum absolute atomic E-state index is 0.0234. The molecule has 0 aliphatic heterocycles. The van der Waals surface area contributed by atoms with Crippen LogP contribution in [-0.4, -0.2) is 41.0 Å². The van der Waals surface area contributed by atoms with Crippen molar-refractivity contribution < 1.29 is 9.59 Å². The molecule has 2 amide bonds. The lowest BCUT2D eigenvalue weighted by molar-refractivity contribution is -0.129. The standard InChI is InChI=1S/C26H40N4O2/c1-18(2)16-23(30-26(3,4)25(32)29-20-10-6-5-7-11-20)24(31)27-15-14-19-17-28-22-13-9-8-12-21(19)22/h8-9,12-13,17-18,20,23,28,30H,5-7,10-11,14-16H2,1-4H3,(H,27,31)(H,29,32)/t23-/m0/s1. The molecule has 1 saturated carbocycles. The Labute approximate surface area is 192 Å². The van der Waals surface area contributed by atoms with Crippen LogP contribution in [0.1, 0.15) is 71.8 Å². The van der Waals surface area contributed by atoms with E-state index in [1.807, 2.05) is 32.2 Å². The topological polar surface area (TPSA) is 86.0 Å². The van der Waals surface area contributed by atoms with Crippen LogP contribution in [0, 0.1) is 5.92 Å². The van der Waals surface area contributed by atoms with Crippen LogP contribution in [0.15, 0.2) is 30.5 Å². The van der Waals surface area contributed by atoms with E-state index in [4.69, 9.17) is 0 Å². The fraction of sp³-hybridized carbons (Fsp3) is 0.615. The highest BCUT2D eigenvalue weighted by atomic mass is 16.2. The smallest absolute Gasteiger partial charge is 0.239 e. The number of benzene rings is 1. The summed E-state index contributed by atoms with van der Waals surface area (Å²) in [4.78, 5) is 29.3. The molecule has 0 saturated heterocycles. The van der Waals surface area contributed by atoms with Crippen molar-refractivity contribution >= 4 is 22.7 Å². The summed E-state index contributed by atoms with van der Waals surface area (Å²) in [5.74, 6) is 0.269. The molecule has 1 heterocycles. The van der Waals surface area contributed by atoms with Crippen molar-refractivity contribution in [2.75, 3.05) is 6.54 Å². The second kappa shape index (κ2) is 11.0. The van der Waals surface area contributed by atoms with Crippen LogP contribution >= 0.6 is 0 Å². The molecule has 32 heavy (non-hydrogen) atoms. The van der Waals surface area contributed by atoms with Crippen molar-refractivity contribution in [3.05, 3.63) is 36.0 Å². The molecule has 1 atom stereocenters. The van der Waals surface area contributed by atoms with E-state index < -0.39 is 11.6 Å². The minimum atomic E-state index is -0.814. The Morgan fingerprint density at radius 3 is 2.56 bits per heavy atom. The zero-order valence-corrected chi connectivity index (χ0v) is 20.1. The number of carbonyl (C=O) groups is 2. The van der Waals surface area contributed by atoms with Crippen molar-refractivity contribution in [1.29, 1.82) is 0 Å². The molecule has 176 valence electrons. The van der Waals surface area contributed by atoms with Gasteiger partial charge in [-0.3, -0.25) is 14.9 Å². The van der Waals surface area contributed by atoms with Gasteiger partial charge in [-0.2, -0.15) is 0 Å². The number of amides is 2. The van der Waals surface area contributed by atoms with Gasteiger partial charge in [-0.15, -0.1) is 0 Å². The van der Waals surface area contributed by atoms with Crippen LogP contribution in [0.5, 0.6) is 0 Å². The maximum atomic E-state index is 13.0. The summed E-state index contributed by atoms with van der Waals surface area (Å²) in [5, 5.41) is 10.8. The van der Waals surface area contributed by atoms with E-state index in [2.05, 4.69) is 46.9 Å². The van der Waals surface area contributed by atoms with Gasteiger partial charge in [0.2, 0.25) is 11.8 Å². The third-order valence-electron chi connectivity index (χ3n) is 6.44. The Kier molecular flexibility index (Phi) is 8.35. The first kappa shape index (κ1) is 24.3. The Morgan fingerprint density at radius 1 is 1.12 bits per heavy atom. The zero-order chi connectivity index (χ0) is 23.1. The second-order valence-electron chi connectivity index (χ2n) is 10.2. The summed E-state index contributed by atoms with van der Waals surface area (Å²) in [7, 11) is 0. The summed E-state index contributed by atoms with van der Waals surface area (Å²) in [6.45, 7) is 8.51. The highest BCUT2D eigenvalue weighted by Crippen LogP contribution is 2.20. The average molecular weight is 441 g/mol. The predicted molar refractivity (Wildman–Crippen MR) is 130 cm³/mol. The van der Waals surface area contributed by atoms with Crippen LogP contribution < -0.4 is 16.0 Å². The molecule has 1 aromatic carbocycles. The number of aromatic amines is 1. The van der Waals surface area contributed by atoms with Gasteiger partial charge >= 0.3 is 0 Å². The van der Waals surface area contributed by atoms with Gasteiger partial charge in [-0.1, -0.05) is 51.3 Å². The maximum absolute atomic E-state index is 13.0. The van der Waals surface area contributed by atoms with E-state index >= 15 is 0 Å². The SMILES string of the molecule is CC(C)C[C@H](NC(C)(C)C(=O)NC1CCCCC1)C(=O)NCCc1c[nH]c2ccccc12. The number of hydrogen-bond acceptors (Lipinski definition) is 3. The monoisotopic (exact) mass is 440 g/mol. The highest BCUT2D eigenvalue weighted by Gasteiger charge is 2.34. The number of nitrogens with one attached hydrogen (secondary N) is 4. The number of para-hydroxylation sites is 1. The molecule has 0 unspecified atom stereocenters. The van der Waals surface area contributed by atoms with Crippen molar-refractivity contribution in [3.63, 3.8) is 0 Å². The van der Waals surface area contributed by atoms with Gasteiger partial charge < -0.3 is 15.6 Å². The fourth-order valence-corrected chi connectivity index (χ4v) is 4.60. The van der Waals surface area contributed by atoms with Crippen molar-refractivity contribution in [1.82, 2.24) is 20.9 Å². The van der Waals surface area contributed by atoms with E-state index in [0.717, 1.165) is 24.8 Å². The normalized spacial score (nSPS) is 16.3. The third kappa shape index (κ3) is 6.58. The molecule has 1 fully saturated rings.